The van der Waals surface area contributed by atoms with Crippen LogP contribution < -0.4 is 5.56 Å². The molecule has 1 N–H and O–H groups in total. The van der Waals surface area contributed by atoms with E-state index in [1.807, 2.05) is 12.1 Å². The zero-order valence-corrected chi connectivity index (χ0v) is 17.5. The van der Waals surface area contributed by atoms with E-state index in [1.54, 1.807) is 6.20 Å². The Morgan fingerprint density at radius 2 is 1.60 bits per heavy atom. The summed E-state index contributed by atoms with van der Waals surface area (Å²) in [5.41, 5.74) is 5.04. The Morgan fingerprint density at radius 1 is 0.867 bits per heavy atom. The number of aromatic amines is 1. The quantitative estimate of drug-likeness (QED) is 0.602. The van der Waals surface area contributed by atoms with Gasteiger partial charge in [-0.1, -0.05) is 72.8 Å². The van der Waals surface area contributed by atoms with Crippen molar-refractivity contribution in [1.82, 2.24) is 9.88 Å². The lowest BCUT2D eigenvalue weighted by Crippen LogP contribution is -2.34. The van der Waals surface area contributed by atoms with Crippen molar-refractivity contribution in [1.29, 1.82) is 0 Å². The minimum Gasteiger partial charge on any atom is -0.329 e. The number of likely N-dealkylation sites (tertiary alicyclic amines) is 1. The van der Waals surface area contributed by atoms with E-state index >= 15 is 0 Å². The third kappa shape index (κ3) is 5.58. The minimum absolute atomic E-state index is 0.0339. The zero-order chi connectivity index (χ0) is 20.6. The largest absolute Gasteiger partial charge is 0.329 e. The summed E-state index contributed by atoms with van der Waals surface area (Å²) in [6.07, 6.45) is 10.8. The fraction of sp³-hybridized carbons (Fsp3) is 0.296. The molecule has 2 aromatic carbocycles. The Hall–Kier alpha value is -2.91. The van der Waals surface area contributed by atoms with E-state index in [0.717, 1.165) is 50.9 Å². The smallest absolute Gasteiger partial charge is 0.252 e. The average Bonchev–Trinajstić information content (AvgIpc) is 2.80. The van der Waals surface area contributed by atoms with Crippen molar-refractivity contribution in [2.45, 2.75) is 32.2 Å². The Morgan fingerprint density at radius 3 is 2.40 bits per heavy atom. The van der Waals surface area contributed by atoms with Gasteiger partial charge in [0.1, 0.15) is 0 Å². The van der Waals surface area contributed by atoms with Gasteiger partial charge in [0.15, 0.2) is 0 Å². The highest BCUT2D eigenvalue weighted by molar-refractivity contribution is 5.54. The summed E-state index contributed by atoms with van der Waals surface area (Å²) in [6, 6.07) is 23.3. The fourth-order valence-corrected chi connectivity index (χ4v) is 4.21. The van der Waals surface area contributed by atoms with E-state index in [9.17, 15) is 4.79 Å². The van der Waals surface area contributed by atoms with Crippen LogP contribution in [0.3, 0.4) is 0 Å². The van der Waals surface area contributed by atoms with Gasteiger partial charge in [-0.2, -0.15) is 0 Å². The highest BCUT2D eigenvalue weighted by Crippen LogP contribution is 2.22. The monoisotopic (exact) mass is 398 g/mol. The second-order valence-corrected chi connectivity index (χ2v) is 8.18. The van der Waals surface area contributed by atoms with Crippen LogP contribution in [-0.4, -0.2) is 23.0 Å². The highest BCUT2D eigenvalue weighted by Gasteiger charge is 2.18. The van der Waals surface area contributed by atoms with Crippen molar-refractivity contribution in [3.05, 3.63) is 112 Å². The van der Waals surface area contributed by atoms with Gasteiger partial charge in [0, 0.05) is 18.3 Å². The predicted octanol–water partition coefficient (Wildman–Crippen LogP) is 5.09. The molecule has 3 nitrogen and oxygen atoms in total. The van der Waals surface area contributed by atoms with Crippen molar-refractivity contribution in [2.24, 2.45) is 5.92 Å². The summed E-state index contributed by atoms with van der Waals surface area (Å²) in [4.78, 5) is 17.1. The minimum atomic E-state index is 0.0339. The molecule has 1 aliphatic rings. The van der Waals surface area contributed by atoms with Crippen molar-refractivity contribution < 1.29 is 0 Å². The molecule has 0 aliphatic carbocycles. The van der Waals surface area contributed by atoms with Crippen LogP contribution in [0.5, 0.6) is 0 Å². The number of allylic oxidation sites excluding steroid dienone is 1. The van der Waals surface area contributed by atoms with Crippen LogP contribution >= 0.6 is 0 Å². The molecule has 30 heavy (non-hydrogen) atoms. The molecule has 1 fully saturated rings. The van der Waals surface area contributed by atoms with Gasteiger partial charge in [0.05, 0.1) is 0 Å². The number of pyridine rings is 1. The Labute approximate surface area is 179 Å². The first-order chi connectivity index (χ1) is 14.8. The molecule has 0 radical (unpaired) electrons. The third-order valence-corrected chi connectivity index (χ3v) is 6.05. The van der Waals surface area contributed by atoms with Gasteiger partial charge < -0.3 is 4.98 Å². The lowest BCUT2D eigenvalue weighted by molar-refractivity contribution is 0.195. The maximum Gasteiger partial charge on any atom is 0.252 e. The topological polar surface area (TPSA) is 36.1 Å². The number of aromatic nitrogens is 1. The first-order valence-electron chi connectivity index (χ1n) is 11.0. The van der Waals surface area contributed by atoms with Gasteiger partial charge in [0.2, 0.25) is 0 Å². The number of H-pyrrole nitrogens is 1. The Kier molecular flexibility index (Phi) is 6.94. The highest BCUT2D eigenvalue weighted by atomic mass is 16.1. The number of aryl methyl sites for hydroxylation is 2. The summed E-state index contributed by atoms with van der Waals surface area (Å²) < 4.78 is 0. The van der Waals surface area contributed by atoms with Crippen LogP contribution in [0.4, 0.5) is 0 Å². The van der Waals surface area contributed by atoms with Crippen LogP contribution in [0, 0.1) is 5.92 Å². The van der Waals surface area contributed by atoms with E-state index in [1.165, 1.54) is 16.7 Å². The molecule has 0 amide bonds. The normalized spacial score (nSPS) is 15.6. The summed E-state index contributed by atoms with van der Waals surface area (Å²) in [5, 5.41) is 0. The standard InChI is InChI=1S/C27H30N2O/c30-27-26(11-6-18-28-27)21-29-19-16-23(17-20-29)13-15-25-10-5-4-9-24(25)14-12-22-7-2-1-3-8-22/h1-11,13,15,18,23H,12,14,16-17,19-21H2,(H,28,30)/b15-13+. The molecule has 0 spiro atoms. The van der Waals surface area contributed by atoms with Crippen LogP contribution in [0.2, 0.25) is 0 Å². The molecule has 154 valence electrons. The SMILES string of the molecule is O=c1[nH]cccc1CN1CCC(/C=C/c2ccccc2CCc2ccccc2)CC1. The van der Waals surface area contributed by atoms with Gasteiger partial charge in [-0.25, -0.2) is 0 Å². The molecule has 0 bridgehead atoms. The molecule has 1 aliphatic heterocycles. The van der Waals surface area contributed by atoms with E-state index in [4.69, 9.17) is 0 Å². The summed E-state index contributed by atoms with van der Waals surface area (Å²) >= 11 is 0. The van der Waals surface area contributed by atoms with E-state index < -0.39 is 0 Å². The molecule has 1 aromatic heterocycles. The first kappa shape index (κ1) is 20.4. The fourth-order valence-electron chi connectivity index (χ4n) is 4.21. The van der Waals surface area contributed by atoms with Crippen LogP contribution in [0.25, 0.3) is 6.08 Å². The third-order valence-electron chi connectivity index (χ3n) is 6.05. The predicted molar refractivity (Wildman–Crippen MR) is 124 cm³/mol. The number of benzene rings is 2. The lowest BCUT2D eigenvalue weighted by Gasteiger charge is -2.30. The van der Waals surface area contributed by atoms with Crippen molar-refractivity contribution in [3.63, 3.8) is 0 Å². The van der Waals surface area contributed by atoms with Gasteiger partial charge in [0.25, 0.3) is 5.56 Å². The van der Waals surface area contributed by atoms with Crippen LogP contribution in [-0.2, 0) is 19.4 Å². The van der Waals surface area contributed by atoms with E-state index in [2.05, 4.69) is 76.6 Å². The number of hydrogen-bond acceptors (Lipinski definition) is 2. The second-order valence-electron chi connectivity index (χ2n) is 8.18. The van der Waals surface area contributed by atoms with Crippen molar-refractivity contribution in [2.75, 3.05) is 13.1 Å². The summed E-state index contributed by atoms with van der Waals surface area (Å²) in [5.74, 6) is 0.609. The Bertz CT molecular complexity index is 1010. The summed E-state index contributed by atoms with van der Waals surface area (Å²) in [7, 11) is 0. The molecular weight excluding hydrogens is 368 g/mol. The number of hydrogen-bond donors (Lipinski definition) is 1. The molecule has 0 saturated carbocycles. The van der Waals surface area contributed by atoms with E-state index in [0.29, 0.717) is 5.92 Å². The van der Waals surface area contributed by atoms with Crippen molar-refractivity contribution in [3.8, 4) is 0 Å². The molecule has 3 heteroatoms. The molecule has 1 saturated heterocycles. The molecule has 4 rings (SSSR count). The van der Waals surface area contributed by atoms with Gasteiger partial charge in [-0.15, -0.1) is 0 Å². The van der Waals surface area contributed by atoms with Crippen molar-refractivity contribution >= 4 is 6.08 Å². The number of nitrogens with one attached hydrogen (secondary N) is 1. The van der Waals surface area contributed by atoms with Gasteiger partial charge >= 0.3 is 0 Å². The van der Waals surface area contributed by atoms with Gasteiger partial charge in [-0.05, 0) is 67.4 Å². The maximum absolute atomic E-state index is 11.9. The molecule has 0 atom stereocenters. The van der Waals surface area contributed by atoms with E-state index in [-0.39, 0.29) is 5.56 Å². The van der Waals surface area contributed by atoms with Crippen LogP contribution in [0.1, 0.15) is 35.1 Å². The Balaban J connectivity index is 1.31. The average molecular weight is 399 g/mol. The van der Waals surface area contributed by atoms with Gasteiger partial charge in [-0.3, -0.25) is 9.69 Å². The maximum atomic E-state index is 11.9. The first-order valence-corrected chi connectivity index (χ1v) is 11.0. The zero-order valence-electron chi connectivity index (χ0n) is 17.5. The molecule has 2 heterocycles. The lowest BCUT2D eigenvalue weighted by atomic mass is 9.94. The number of rotatable bonds is 7. The molecule has 0 unspecified atom stereocenters. The number of piperidine rings is 1. The molecule has 3 aromatic rings. The summed E-state index contributed by atoms with van der Waals surface area (Å²) in [6.45, 7) is 2.83. The van der Waals surface area contributed by atoms with Crippen LogP contribution in [0.15, 0.2) is 83.8 Å². The molecular formula is C27H30N2O. The number of nitrogens with zero attached hydrogens (tertiary/aromatic N) is 1. The second kappa shape index (κ2) is 10.2.